The Bertz CT molecular complexity index is 924. The first-order valence-corrected chi connectivity index (χ1v) is 9.87. The molecule has 1 saturated heterocycles. The maximum Gasteiger partial charge on any atom is 0.272 e. The van der Waals surface area contributed by atoms with E-state index in [1.165, 1.54) is 13.0 Å². The predicted octanol–water partition coefficient (Wildman–Crippen LogP) is 1.34. The molecule has 2 N–H and O–H groups in total. The molecule has 1 aromatic heterocycles. The molecule has 0 spiro atoms. The SMILES string of the molecule is CC(=O)c1ccc(Nc2ccc(C(=O)NC3CCS(=O)(=O)C3)nn2)cc1. The van der Waals surface area contributed by atoms with Crippen molar-refractivity contribution in [1.29, 1.82) is 0 Å². The van der Waals surface area contributed by atoms with Gasteiger partial charge in [-0.2, -0.15) is 0 Å². The van der Waals surface area contributed by atoms with Crippen LogP contribution in [-0.4, -0.2) is 47.9 Å². The van der Waals surface area contributed by atoms with Gasteiger partial charge in [0.05, 0.1) is 11.5 Å². The molecule has 1 aromatic carbocycles. The maximum atomic E-state index is 12.1. The van der Waals surface area contributed by atoms with Crippen LogP contribution in [0.5, 0.6) is 0 Å². The minimum Gasteiger partial charge on any atom is -0.347 e. The number of ketones is 1. The first-order valence-electron chi connectivity index (χ1n) is 8.05. The summed E-state index contributed by atoms with van der Waals surface area (Å²) in [6, 6.07) is 9.64. The first-order chi connectivity index (χ1) is 12.3. The number of aromatic nitrogens is 2. The van der Waals surface area contributed by atoms with Crippen LogP contribution >= 0.6 is 0 Å². The number of Topliss-reactive ketones (excluding diaryl/α,β-unsaturated/α-hetero) is 1. The Morgan fingerprint density at radius 2 is 1.81 bits per heavy atom. The number of sulfone groups is 1. The number of carbonyl (C=O) groups excluding carboxylic acids is 2. The minimum absolute atomic E-state index is 0.0123. The number of carbonyl (C=O) groups is 2. The van der Waals surface area contributed by atoms with Crippen molar-refractivity contribution in [3.63, 3.8) is 0 Å². The van der Waals surface area contributed by atoms with E-state index in [0.717, 1.165) is 5.69 Å². The van der Waals surface area contributed by atoms with Crippen LogP contribution in [0.25, 0.3) is 0 Å². The average Bonchev–Trinajstić information content (AvgIpc) is 2.94. The van der Waals surface area contributed by atoms with Crippen LogP contribution < -0.4 is 10.6 Å². The molecule has 2 aromatic rings. The standard InChI is InChI=1S/C17H18N4O4S/c1-11(22)12-2-4-13(5-3-12)18-16-7-6-15(20-21-16)17(23)19-14-8-9-26(24,25)10-14/h2-7,14H,8-10H2,1H3,(H,18,21)(H,19,23). The van der Waals surface area contributed by atoms with Crippen LogP contribution in [0, 0.1) is 0 Å². The molecule has 0 radical (unpaired) electrons. The lowest BCUT2D eigenvalue weighted by Crippen LogP contribution is -2.36. The lowest BCUT2D eigenvalue weighted by Gasteiger charge is -2.10. The number of hydrogen-bond acceptors (Lipinski definition) is 7. The normalized spacial score (nSPS) is 18.3. The molecule has 1 aliphatic heterocycles. The summed E-state index contributed by atoms with van der Waals surface area (Å²) in [5.41, 5.74) is 1.46. The number of hydrogen-bond donors (Lipinski definition) is 2. The predicted molar refractivity (Wildman–Crippen MR) is 96.3 cm³/mol. The van der Waals surface area contributed by atoms with Crippen LogP contribution in [0.1, 0.15) is 34.2 Å². The van der Waals surface area contributed by atoms with Crippen LogP contribution in [0.3, 0.4) is 0 Å². The average molecular weight is 374 g/mol. The smallest absolute Gasteiger partial charge is 0.272 e. The fourth-order valence-corrected chi connectivity index (χ4v) is 4.30. The summed E-state index contributed by atoms with van der Waals surface area (Å²) in [7, 11) is -3.05. The van der Waals surface area contributed by atoms with Crippen molar-refractivity contribution in [3.05, 3.63) is 47.7 Å². The second kappa shape index (κ2) is 7.20. The molecule has 8 nitrogen and oxygen atoms in total. The largest absolute Gasteiger partial charge is 0.347 e. The van der Waals surface area contributed by atoms with Gasteiger partial charge in [0.15, 0.2) is 27.1 Å². The van der Waals surface area contributed by atoms with E-state index in [0.29, 0.717) is 17.8 Å². The Kier molecular flexibility index (Phi) is 4.99. The van der Waals surface area contributed by atoms with Crippen molar-refractivity contribution in [2.45, 2.75) is 19.4 Å². The van der Waals surface area contributed by atoms with Crippen LogP contribution in [0.15, 0.2) is 36.4 Å². The van der Waals surface area contributed by atoms with Gasteiger partial charge in [0.2, 0.25) is 0 Å². The molecule has 0 saturated carbocycles. The topological polar surface area (TPSA) is 118 Å². The zero-order valence-electron chi connectivity index (χ0n) is 14.1. The Hall–Kier alpha value is -2.81. The van der Waals surface area contributed by atoms with Gasteiger partial charge in [-0.1, -0.05) is 0 Å². The molecule has 9 heteroatoms. The van der Waals surface area contributed by atoms with Crippen LogP contribution in [0.4, 0.5) is 11.5 Å². The lowest BCUT2D eigenvalue weighted by atomic mass is 10.1. The van der Waals surface area contributed by atoms with Gasteiger partial charge < -0.3 is 10.6 Å². The third-order valence-electron chi connectivity index (χ3n) is 4.03. The Labute approximate surface area is 150 Å². The number of benzene rings is 1. The minimum atomic E-state index is -3.05. The fraction of sp³-hybridized carbons (Fsp3) is 0.294. The summed E-state index contributed by atoms with van der Waals surface area (Å²) in [6.45, 7) is 1.50. The summed E-state index contributed by atoms with van der Waals surface area (Å²) in [6.07, 6.45) is 0.414. The summed E-state index contributed by atoms with van der Waals surface area (Å²) in [5.74, 6) is 0.0380. The molecular weight excluding hydrogens is 356 g/mol. The molecule has 26 heavy (non-hydrogen) atoms. The van der Waals surface area contributed by atoms with Gasteiger partial charge in [0, 0.05) is 17.3 Å². The van der Waals surface area contributed by atoms with Gasteiger partial charge in [0.25, 0.3) is 5.91 Å². The molecular formula is C17H18N4O4S. The molecule has 136 valence electrons. The highest BCUT2D eigenvalue weighted by molar-refractivity contribution is 7.91. The molecule has 2 heterocycles. The van der Waals surface area contributed by atoms with Crippen LogP contribution in [0.2, 0.25) is 0 Å². The monoisotopic (exact) mass is 374 g/mol. The molecule has 1 fully saturated rings. The third-order valence-corrected chi connectivity index (χ3v) is 5.80. The van der Waals surface area contributed by atoms with Crippen LogP contribution in [-0.2, 0) is 9.84 Å². The zero-order valence-corrected chi connectivity index (χ0v) is 14.9. The van der Waals surface area contributed by atoms with Gasteiger partial charge in [-0.3, -0.25) is 9.59 Å². The number of amides is 1. The number of rotatable bonds is 5. The van der Waals surface area contributed by atoms with E-state index in [4.69, 9.17) is 0 Å². The van der Waals surface area contributed by atoms with Gasteiger partial charge in [-0.05, 0) is 49.7 Å². The van der Waals surface area contributed by atoms with Gasteiger partial charge in [-0.25, -0.2) is 8.42 Å². The van der Waals surface area contributed by atoms with Crippen molar-refractivity contribution in [1.82, 2.24) is 15.5 Å². The highest BCUT2D eigenvalue weighted by Crippen LogP contribution is 2.16. The maximum absolute atomic E-state index is 12.1. The van der Waals surface area contributed by atoms with E-state index in [9.17, 15) is 18.0 Å². The van der Waals surface area contributed by atoms with Gasteiger partial charge in [0.1, 0.15) is 0 Å². The molecule has 1 aliphatic rings. The molecule has 0 aliphatic carbocycles. The number of anilines is 2. The summed E-state index contributed by atoms with van der Waals surface area (Å²) >= 11 is 0. The Morgan fingerprint density at radius 3 is 2.35 bits per heavy atom. The van der Waals surface area contributed by atoms with Gasteiger partial charge >= 0.3 is 0 Å². The first kappa shape index (κ1) is 18.0. The summed E-state index contributed by atoms with van der Waals surface area (Å²) < 4.78 is 22.9. The Balaban J connectivity index is 1.61. The van der Waals surface area contributed by atoms with E-state index in [1.54, 1.807) is 30.3 Å². The van der Waals surface area contributed by atoms with E-state index < -0.39 is 15.7 Å². The summed E-state index contributed by atoms with van der Waals surface area (Å²) in [4.78, 5) is 23.4. The highest BCUT2D eigenvalue weighted by Gasteiger charge is 2.29. The quantitative estimate of drug-likeness (QED) is 0.758. The van der Waals surface area contributed by atoms with Crippen molar-refractivity contribution in [2.75, 3.05) is 16.8 Å². The van der Waals surface area contributed by atoms with Crippen molar-refractivity contribution < 1.29 is 18.0 Å². The Morgan fingerprint density at radius 1 is 1.08 bits per heavy atom. The fourth-order valence-electron chi connectivity index (χ4n) is 2.62. The zero-order chi connectivity index (χ0) is 18.7. The number of nitrogens with one attached hydrogen (secondary N) is 2. The van der Waals surface area contributed by atoms with E-state index in [-0.39, 0.29) is 29.0 Å². The van der Waals surface area contributed by atoms with E-state index in [2.05, 4.69) is 20.8 Å². The number of nitrogens with zero attached hydrogens (tertiary/aromatic N) is 2. The molecule has 3 rings (SSSR count). The van der Waals surface area contributed by atoms with Crippen molar-refractivity contribution >= 4 is 33.0 Å². The van der Waals surface area contributed by atoms with Crippen molar-refractivity contribution in [2.24, 2.45) is 0 Å². The third kappa shape index (κ3) is 4.42. The van der Waals surface area contributed by atoms with E-state index in [1.807, 2.05) is 0 Å². The summed E-state index contributed by atoms with van der Waals surface area (Å²) in [5, 5.41) is 13.5. The van der Waals surface area contributed by atoms with Gasteiger partial charge in [-0.15, -0.1) is 10.2 Å². The molecule has 1 atom stereocenters. The second-order valence-corrected chi connectivity index (χ2v) is 8.36. The molecule has 1 amide bonds. The highest BCUT2D eigenvalue weighted by atomic mass is 32.2. The molecule has 0 bridgehead atoms. The second-order valence-electron chi connectivity index (χ2n) is 6.14. The molecule has 1 unspecified atom stereocenters. The van der Waals surface area contributed by atoms with Crippen molar-refractivity contribution in [3.8, 4) is 0 Å². The van der Waals surface area contributed by atoms with E-state index >= 15 is 0 Å². The lowest BCUT2D eigenvalue weighted by molar-refractivity contribution is 0.0934.